The molecule has 0 atom stereocenters. The topological polar surface area (TPSA) is 52.6 Å². The van der Waals surface area contributed by atoms with E-state index in [4.69, 9.17) is 9.47 Å². The summed E-state index contributed by atoms with van der Waals surface area (Å²) in [6.45, 7) is 10.7. The fourth-order valence-corrected chi connectivity index (χ4v) is 2.60. The first-order valence-corrected chi connectivity index (χ1v) is 9.16. The predicted molar refractivity (Wildman–Crippen MR) is 111 cm³/mol. The Balaban J connectivity index is 2.04. The highest BCUT2D eigenvalue weighted by molar-refractivity contribution is 5.87. The maximum atomic E-state index is 11.7. The zero-order chi connectivity index (χ0) is 20.5. The van der Waals surface area contributed by atoms with Gasteiger partial charge in [-0.15, -0.1) is 0 Å². The monoisotopic (exact) mass is 378 g/mol. The summed E-state index contributed by atoms with van der Waals surface area (Å²) >= 11 is 0. The molecule has 2 aromatic carbocycles. The van der Waals surface area contributed by atoms with Crippen molar-refractivity contribution in [3.63, 3.8) is 0 Å². The summed E-state index contributed by atoms with van der Waals surface area (Å²) in [5.74, 6) is -1.06. The van der Waals surface area contributed by atoms with Crippen LogP contribution in [0.2, 0.25) is 0 Å². The van der Waals surface area contributed by atoms with E-state index in [1.54, 1.807) is 13.8 Å². The summed E-state index contributed by atoms with van der Waals surface area (Å²) in [5, 5.41) is 0. The van der Waals surface area contributed by atoms with E-state index in [0.717, 1.165) is 16.7 Å². The molecule has 146 valence electrons. The van der Waals surface area contributed by atoms with E-state index in [1.165, 1.54) is 0 Å². The fraction of sp³-hybridized carbons (Fsp3) is 0.250. The van der Waals surface area contributed by atoms with Crippen molar-refractivity contribution in [3.05, 3.63) is 84.5 Å². The first-order chi connectivity index (χ1) is 13.4. The Bertz CT molecular complexity index is 805. The van der Waals surface area contributed by atoms with Crippen LogP contribution in [-0.2, 0) is 25.5 Å². The van der Waals surface area contributed by atoms with Crippen LogP contribution in [0.25, 0.3) is 11.1 Å². The predicted octanol–water partition coefficient (Wildman–Crippen LogP) is 4.75. The lowest BCUT2D eigenvalue weighted by molar-refractivity contribution is -0.144. The van der Waals surface area contributed by atoms with Crippen molar-refractivity contribution in [2.24, 2.45) is 5.92 Å². The van der Waals surface area contributed by atoms with Gasteiger partial charge >= 0.3 is 11.9 Å². The lowest BCUT2D eigenvalue weighted by Gasteiger charge is -2.18. The lowest BCUT2D eigenvalue weighted by atomic mass is 9.98. The molecule has 0 bridgehead atoms. The van der Waals surface area contributed by atoms with Crippen LogP contribution in [-0.4, -0.2) is 25.2 Å². The van der Waals surface area contributed by atoms with E-state index < -0.39 is 11.9 Å². The maximum Gasteiger partial charge on any atom is 0.333 e. The molecule has 0 aromatic heterocycles. The molecule has 0 saturated heterocycles. The Morgan fingerprint density at radius 3 is 1.71 bits per heavy atom. The van der Waals surface area contributed by atoms with Crippen molar-refractivity contribution in [1.29, 1.82) is 0 Å². The van der Waals surface area contributed by atoms with Crippen molar-refractivity contribution in [1.82, 2.24) is 0 Å². The van der Waals surface area contributed by atoms with Gasteiger partial charge in [-0.05, 0) is 37.0 Å². The SMILES string of the molecule is C=C(C)C(=O)OCC(COC(=O)C(=C)C)Cc1ccc(-c2ccccc2)cc1. The van der Waals surface area contributed by atoms with E-state index in [2.05, 4.69) is 37.4 Å². The molecule has 2 rings (SSSR count). The molecule has 0 spiro atoms. The molecule has 0 N–H and O–H groups in total. The second kappa shape index (κ2) is 10.3. The number of benzene rings is 2. The van der Waals surface area contributed by atoms with Gasteiger partial charge in [-0.1, -0.05) is 67.8 Å². The number of hydrogen-bond donors (Lipinski definition) is 0. The quantitative estimate of drug-likeness (QED) is 0.467. The molecule has 0 fully saturated rings. The maximum absolute atomic E-state index is 11.7. The van der Waals surface area contributed by atoms with Crippen LogP contribution in [0, 0.1) is 5.92 Å². The molecule has 2 aromatic rings. The van der Waals surface area contributed by atoms with Crippen molar-refractivity contribution < 1.29 is 19.1 Å². The van der Waals surface area contributed by atoms with Crippen LogP contribution in [0.4, 0.5) is 0 Å². The average molecular weight is 378 g/mol. The lowest BCUT2D eigenvalue weighted by Crippen LogP contribution is -2.23. The van der Waals surface area contributed by atoms with Gasteiger partial charge in [-0.2, -0.15) is 0 Å². The average Bonchev–Trinajstić information content (AvgIpc) is 2.70. The van der Waals surface area contributed by atoms with E-state index >= 15 is 0 Å². The summed E-state index contributed by atoms with van der Waals surface area (Å²) in [5.41, 5.74) is 4.02. The van der Waals surface area contributed by atoms with Crippen molar-refractivity contribution >= 4 is 11.9 Å². The van der Waals surface area contributed by atoms with Gasteiger partial charge in [0.25, 0.3) is 0 Å². The standard InChI is InChI=1S/C24H26O4/c1-17(2)23(25)27-15-20(16-28-24(26)18(3)4)14-19-10-12-22(13-11-19)21-8-6-5-7-9-21/h5-13,20H,1,3,14-16H2,2,4H3. The molecule has 0 amide bonds. The third-order valence-corrected chi connectivity index (χ3v) is 4.18. The van der Waals surface area contributed by atoms with E-state index in [9.17, 15) is 9.59 Å². The van der Waals surface area contributed by atoms with Gasteiger partial charge in [-0.25, -0.2) is 9.59 Å². The molecule has 4 nitrogen and oxygen atoms in total. The summed E-state index contributed by atoms with van der Waals surface area (Å²) in [4.78, 5) is 23.4. The largest absolute Gasteiger partial charge is 0.462 e. The van der Waals surface area contributed by atoms with Crippen molar-refractivity contribution in [2.45, 2.75) is 20.3 Å². The summed E-state index contributed by atoms with van der Waals surface area (Å²) in [6, 6.07) is 18.3. The van der Waals surface area contributed by atoms with Crippen LogP contribution in [0.5, 0.6) is 0 Å². The van der Waals surface area contributed by atoms with Crippen LogP contribution in [0.15, 0.2) is 78.9 Å². The fourth-order valence-electron chi connectivity index (χ4n) is 2.60. The number of hydrogen-bond acceptors (Lipinski definition) is 4. The highest BCUT2D eigenvalue weighted by atomic mass is 16.5. The van der Waals surface area contributed by atoms with Crippen LogP contribution >= 0.6 is 0 Å². The van der Waals surface area contributed by atoms with Gasteiger partial charge in [-0.3, -0.25) is 0 Å². The number of esters is 2. The highest BCUT2D eigenvalue weighted by Crippen LogP contribution is 2.21. The minimum absolute atomic E-state index is 0.148. The van der Waals surface area contributed by atoms with E-state index in [0.29, 0.717) is 17.6 Å². The minimum atomic E-state index is -0.448. The van der Waals surface area contributed by atoms with Gasteiger partial charge in [0.15, 0.2) is 0 Å². The molecular weight excluding hydrogens is 352 g/mol. The van der Waals surface area contributed by atoms with Crippen LogP contribution in [0.3, 0.4) is 0 Å². The minimum Gasteiger partial charge on any atom is -0.462 e. The normalized spacial score (nSPS) is 10.4. The van der Waals surface area contributed by atoms with Crippen molar-refractivity contribution in [2.75, 3.05) is 13.2 Å². The molecule has 0 aliphatic rings. The van der Waals surface area contributed by atoms with E-state index in [-0.39, 0.29) is 19.1 Å². The molecule has 0 unspecified atom stereocenters. The van der Waals surface area contributed by atoms with Gasteiger partial charge in [0.2, 0.25) is 0 Å². The number of carbonyl (C=O) groups is 2. The van der Waals surface area contributed by atoms with E-state index in [1.807, 2.05) is 30.3 Å². The van der Waals surface area contributed by atoms with Gasteiger partial charge in [0.1, 0.15) is 0 Å². The Hall–Kier alpha value is -3.14. The van der Waals surface area contributed by atoms with Crippen molar-refractivity contribution in [3.8, 4) is 11.1 Å². The third-order valence-electron chi connectivity index (χ3n) is 4.18. The Labute approximate surface area is 166 Å². The molecule has 0 aliphatic heterocycles. The Morgan fingerprint density at radius 2 is 1.25 bits per heavy atom. The molecule has 0 aliphatic carbocycles. The molecule has 0 heterocycles. The zero-order valence-corrected chi connectivity index (χ0v) is 16.4. The molecule has 0 radical (unpaired) electrons. The molecule has 28 heavy (non-hydrogen) atoms. The van der Waals surface area contributed by atoms with Gasteiger partial charge in [0.05, 0.1) is 13.2 Å². The number of rotatable bonds is 9. The molecular formula is C24H26O4. The summed E-state index contributed by atoms with van der Waals surface area (Å²) < 4.78 is 10.5. The molecule has 0 saturated carbocycles. The highest BCUT2D eigenvalue weighted by Gasteiger charge is 2.16. The number of carbonyl (C=O) groups excluding carboxylic acids is 2. The first kappa shape index (κ1) is 21.2. The Kier molecular flexibility index (Phi) is 7.76. The zero-order valence-electron chi connectivity index (χ0n) is 16.4. The number of ether oxygens (including phenoxy) is 2. The van der Waals surface area contributed by atoms with Gasteiger partial charge in [0, 0.05) is 17.1 Å². The second-order valence-corrected chi connectivity index (χ2v) is 6.89. The third kappa shape index (κ3) is 6.54. The second-order valence-electron chi connectivity index (χ2n) is 6.89. The van der Waals surface area contributed by atoms with Crippen LogP contribution in [0.1, 0.15) is 19.4 Å². The van der Waals surface area contributed by atoms with Crippen LogP contribution < -0.4 is 0 Å². The smallest absolute Gasteiger partial charge is 0.333 e. The van der Waals surface area contributed by atoms with Gasteiger partial charge < -0.3 is 9.47 Å². The summed E-state index contributed by atoms with van der Waals surface area (Å²) in [7, 11) is 0. The molecule has 4 heteroatoms. The summed E-state index contributed by atoms with van der Waals surface area (Å²) in [6.07, 6.45) is 0.613. The first-order valence-electron chi connectivity index (χ1n) is 9.16. The Morgan fingerprint density at radius 1 is 0.786 bits per heavy atom.